The highest BCUT2D eigenvalue weighted by atomic mass is 16.1. The van der Waals surface area contributed by atoms with Gasteiger partial charge < -0.3 is 10.6 Å². The first-order valence-electron chi connectivity index (χ1n) is 6.84. The number of primary amides is 1. The summed E-state index contributed by atoms with van der Waals surface area (Å²) in [5.74, 6) is 0.576. The van der Waals surface area contributed by atoms with Gasteiger partial charge in [-0.15, -0.1) is 0 Å². The Morgan fingerprint density at radius 2 is 2.00 bits per heavy atom. The first-order valence-corrected chi connectivity index (χ1v) is 6.84. The molecule has 4 heteroatoms. The lowest BCUT2D eigenvalue weighted by Gasteiger charge is -2.25. The maximum Gasteiger partial charge on any atom is 0.240 e. The summed E-state index contributed by atoms with van der Waals surface area (Å²) in [7, 11) is 0. The van der Waals surface area contributed by atoms with Crippen LogP contribution in [0.15, 0.2) is 48.7 Å². The summed E-state index contributed by atoms with van der Waals surface area (Å²) >= 11 is 0. The molecule has 2 aromatic rings. The lowest BCUT2D eigenvalue weighted by Crippen LogP contribution is -2.41. The van der Waals surface area contributed by atoms with E-state index < -0.39 is 0 Å². The van der Waals surface area contributed by atoms with Gasteiger partial charge in [0.15, 0.2) is 0 Å². The number of rotatable bonds is 3. The van der Waals surface area contributed by atoms with Gasteiger partial charge in [-0.25, -0.2) is 4.98 Å². The monoisotopic (exact) mass is 267 g/mol. The van der Waals surface area contributed by atoms with Crippen LogP contribution in [0.5, 0.6) is 0 Å². The smallest absolute Gasteiger partial charge is 0.240 e. The number of carbonyl (C=O) groups is 1. The molecule has 0 unspecified atom stereocenters. The number of nitrogens with zero attached hydrogens (tertiary/aromatic N) is 2. The van der Waals surface area contributed by atoms with Crippen LogP contribution in [0, 0.1) is 0 Å². The summed E-state index contributed by atoms with van der Waals surface area (Å²) in [6, 6.07) is 13.8. The Kier molecular flexibility index (Phi) is 3.37. The largest absolute Gasteiger partial charge is 0.368 e. The number of benzene rings is 1. The first kappa shape index (κ1) is 12.7. The van der Waals surface area contributed by atoms with Crippen molar-refractivity contribution >= 4 is 11.7 Å². The van der Waals surface area contributed by atoms with Gasteiger partial charge in [0, 0.05) is 18.3 Å². The zero-order chi connectivity index (χ0) is 13.9. The van der Waals surface area contributed by atoms with Crippen LogP contribution < -0.4 is 10.6 Å². The third-order valence-electron chi connectivity index (χ3n) is 3.72. The topological polar surface area (TPSA) is 59.2 Å². The van der Waals surface area contributed by atoms with Gasteiger partial charge in [0.25, 0.3) is 0 Å². The van der Waals surface area contributed by atoms with Crippen molar-refractivity contribution in [3.05, 3.63) is 48.7 Å². The molecule has 3 rings (SSSR count). The number of nitrogens with two attached hydrogens (primary N) is 1. The third kappa shape index (κ3) is 2.25. The first-order chi connectivity index (χ1) is 9.77. The highest BCUT2D eigenvalue weighted by Crippen LogP contribution is 2.32. The molecule has 102 valence electrons. The molecule has 1 saturated heterocycles. The number of anilines is 1. The predicted molar refractivity (Wildman–Crippen MR) is 79.2 cm³/mol. The molecule has 1 aromatic carbocycles. The van der Waals surface area contributed by atoms with E-state index in [2.05, 4.69) is 17.1 Å². The van der Waals surface area contributed by atoms with Gasteiger partial charge in [0.05, 0.1) is 0 Å². The van der Waals surface area contributed by atoms with E-state index in [4.69, 9.17) is 5.73 Å². The van der Waals surface area contributed by atoms with Crippen molar-refractivity contribution in [1.29, 1.82) is 0 Å². The van der Waals surface area contributed by atoms with Crippen molar-refractivity contribution in [1.82, 2.24) is 4.98 Å². The Hall–Kier alpha value is -2.36. The van der Waals surface area contributed by atoms with Gasteiger partial charge in [-0.3, -0.25) is 4.79 Å². The van der Waals surface area contributed by atoms with Crippen molar-refractivity contribution in [3.63, 3.8) is 0 Å². The third-order valence-corrected chi connectivity index (χ3v) is 3.72. The molecule has 20 heavy (non-hydrogen) atoms. The van der Waals surface area contributed by atoms with E-state index in [-0.39, 0.29) is 11.9 Å². The van der Waals surface area contributed by atoms with E-state index in [1.54, 1.807) is 6.20 Å². The van der Waals surface area contributed by atoms with Crippen LogP contribution in [-0.4, -0.2) is 23.5 Å². The minimum absolute atomic E-state index is 0.243. The van der Waals surface area contributed by atoms with Gasteiger partial charge in [-0.1, -0.05) is 30.3 Å². The summed E-state index contributed by atoms with van der Waals surface area (Å²) in [5.41, 5.74) is 7.65. The molecule has 1 aliphatic rings. The minimum atomic E-state index is -0.271. The van der Waals surface area contributed by atoms with Crippen molar-refractivity contribution in [3.8, 4) is 11.1 Å². The average molecular weight is 267 g/mol. The maximum atomic E-state index is 11.6. The Morgan fingerprint density at radius 1 is 1.20 bits per heavy atom. The fourth-order valence-corrected chi connectivity index (χ4v) is 2.78. The van der Waals surface area contributed by atoms with E-state index in [0.29, 0.717) is 0 Å². The average Bonchev–Trinajstić information content (AvgIpc) is 2.98. The van der Waals surface area contributed by atoms with Gasteiger partial charge in [0.2, 0.25) is 5.91 Å². The van der Waals surface area contributed by atoms with Crippen molar-refractivity contribution < 1.29 is 4.79 Å². The van der Waals surface area contributed by atoms with Gasteiger partial charge in [-0.2, -0.15) is 0 Å². The fraction of sp³-hybridized carbons (Fsp3) is 0.250. The van der Waals surface area contributed by atoms with E-state index in [1.165, 1.54) is 0 Å². The molecule has 0 saturated carbocycles. The van der Waals surface area contributed by atoms with Crippen molar-refractivity contribution in [2.75, 3.05) is 11.4 Å². The van der Waals surface area contributed by atoms with Crippen LogP contribution in [0.3, 0.4) is 0 Å². The molecule has 1 aliphatic heterocycles. The van der Waals surface area contributed by atoms with Gasteiger partial charge in [0.1, 0.15) is 11.9 Å². The molecule has 1 aromatic heterocycles. The van der Waals surface area contributed by atoms with Crippen LogP contribution in [0.1, 0.15) is 12.8 Å². The van der Waals surface area contributed by atoms with Crippen LogP contribution in [0.2, 0.25) is 0 Å². The second-order valence-corrected chi connectivity index (χ2v) is 4.99. The number of amides is 1. The van der Waals surface area contributed by atoms with Crippen molar-refractivity contribution in [2.45, 2.75) is 18.9 Å². The van der Waals surface area contributed by atoms with E-state index >= 15 is 0 Å². The molecular formula is C16H17N3O. The zero-order valence-electron chi connectivity index (χ0n) is 11.2. The highest BCUT2D eigenvalue weighted by Gasteiger charge is 2.31. The van der Waals surface area contributed by atoms with Crippen molar-refractivity contribution in [2.24, 2.45) is 5.73 Å². The summed E-state index contributed by atoms with van der Waals surface area (Å²) in [4.78, 5) is 18.1. The molecule has 0 radical (unpaired) electrons. The second-order valence-electron chi connectivity index (χ2n) is 4.99. The molecule has 2 heterocycles. The lowest BCUT2D eigenvalue weighted by atomic mass is 10.1. The zero-order valence-corrected chi connectivity index (χ0v) is 11.2. The molecule has 1 amide bonds. The van der Waals surface area contributed by atoms with E-state index in [9.17, 15) is 4.79 Å². The minimum Gasteiger partial charge on any atom is -0.368 e. The summed E-state index contributed by atoms with van der Waals surface area (Å²) in [6.45, 7) is 0.824. The Morgan fingerprint density at radius 3 is 2.75 bits per heavy atom. The van der Waals surface area contributed by atoms with E-state index in [1.807, 2.05) is 35.2 Å². The molecule has 2 N–H and O–H groups in total. The second kappa shape index (κ2) is 5.33. The highest BCUT2D eigenvalue weighted by molar-refractivity contribution is 5.86. The number of aromatic nitrogens is 1. The SMILES string of the molecule is NC(=O)[C@@H]1CCCN1c1ncccc1-c1ccccc1. The Balaban J connectivity index is 2.04. The lowest BCUT2D eigenvalue weighted by molar-refractivity contribution is -0.119. The molecule has 0 spiro atoms. The Bertz CT molecular complexity index is 612. The van der Waals surface area contributed by atoms with Crippen LogP contribution >= 0.6 is 0 Å². The van der Waals surface area contributed by atoms with Crippen LogP contribution in [0.25, 0.3) is 11.1 Å². The number of carbonyl (C=O) groups excluding carboxylic acids is 1. The quantitative estimate of drug-likeness (QED) is 0.927. The molecule has 0 aliphatic carbocycles. The van der Waals surface area contributed by atoms with E-state index in [0.717, 1.165) is 36.3 Å². The van der Waals surface area contributed by atoms with Crippen LogP contribution in [0.4, 0.5) is 5.82 Å². The predicted octanol–water partition coefficient (Wildman–Crippen LogP) is 2.20. The number of pyridine rings is 1. The summed E-state index contributed by atoms with van der Waals surface area (Å²) in [6.07, 6.45) is 3.54. The summed E-state index contributed by atoms with van der Waals surface area (Å²) in [5, 5.41) is 0. The van der Waals surface area contributed by atoms with Crippen LogP contribution in [-0.2, 0) is 4.79 Å². The molecule has 4 nitrogen and oxygen atoms in total. The number of hydrogen-bond donors (Lipinski definition) is 1. The standard InChI is InChI=1S/C16H17N3O/c17-15(20)14-9-5-11-19(14)16-13(8-4-10-18-16)12-6-2-1-3-7-12/h1-4,6-8,10,14H,5,9,11H2,(H2,17,20)/t14-/m0/s1. The summed E-state index contributed by atoms with van der Waals surface area (Å²) < 4.78 is 0. The Labute approximate surface area is 118 Å². The fourth-order valence-electron chi connectivity index (χ4n) is 2.78. The van der Waals surface area contributed by atoms with Gasteiger partial charge >= 0.3 is 0 Å². The molecule has 0 bridgehead atoms. The molecular weight excluding hydrogens is 250 g/mol. The normalized spacial score (nSPS) is 18.2. The van der Waals surface area contributed by atoms with Gasteiger partial charge in [-0.05, 0) is 30.5 Å². The molecule has 1 atom stereocenters. The number of hydrogen-bond acceptors (Lipinski definition) is 3. The molecule has 1 fully saturated rings. The maximum absolute atomic E-state index is 11.6.